The van der Waals surface area contributed by atoms with E-state index in [9.17, 15) is 0 Å². The molecule has 0 saturated heterocycles. The van der Waals surface area contributed by atoms with E-state index in [0.29, 0.717) is 0 Å². The molecule has 12 rings (SSSR count). The summed E-state index contributed by atoms with van der Waals surface area (Å²) in [5, 5.41) is 5.17. The molecule has 10 aromatic carbocycles. The van der Waals surface area contributed by atoms with E-state index in [0.717, 1.165) is 17.1 Å². The van der Waals surface area contributed by atoms with E-state index in [-0.39, 0.29) is 5.41 Å². The third kappa shape index (κ3) is 6.37. The van der Waals surface area contributed by atoms with Crippen LogP contribution in [0, 0.1) is 0 Å². The van der Waals surface area contributed by atoms with Crippen LogP contribution in [-0.2, 0) is 5.41 Å². The minimum absolute atomic E-state index is 0.0477. The van der Waals surface area contributed by atoms with E-state index in [1.165, 1.54) is 97.7 Å². The lowest BCUT2D eigenvalue weighted by molar-refractivity contribution is 0.660. The lowest BCUT2D eigenvalue weighted by atomic mass is 9.81. The smallest absolute Gasteiger partial charge is 0.0467 e. The van der Waals surface area contributed by atoms with E-state index in [1.807, 2.05) is 11.3 Å². The Hall–Kier alpha value is -7.52. The maximum Gasteiger partial charge on any atom is 0.0467 e. The fourth-order valence-corrected chi connectivity index (χ4v) is 11.2. The van der Waals surface area contributed by atoms with Crippen molar-refractivity contribution in [1.82, 2.24) is 0 Å². The van der Waals surface area contributed by atoms with Crippen molar-refractivity contribution in [3.8, 4) is 55.6 Å². The molecule has 11 aromatic rings. The SMILES string of the molecule is CC1(C)c2ccccc2-c2ccc(-c3ccc(N(c4ccc(-c5ccc6c(c5)sc5ccccc56)cc4)c4cccc(-c5cccc(-c6cccc7ccccc67)c5)c4)cc3)cc21. The second-order valence-electron chi connectivity index (χ2n) is 17.3. The Balaban J connectivity index is 0.928. The fraction of sp³-hybridized carbons (Fsp3) is 0.0492. The average Bonchev–Trinajstić information content (AvgIpc) is 3.83. The molecule has 0 fully saturated rings. The average molecular weight is 822 g/mol. The molecule has 2 heteroatoms. The summed E-state index contributed by atoms with van der Waals surface area (Å²) < 4.78 is 2.65. The molecule has 0 aliphatic heterocycles. The Kier molecular flexibility index (Phi) is 8.77. The van der Waals surface area contributed by atoms with E-state index in [4.69, 9.17) is 0 Å². The molecule has 0 unspecified atom stereocenters. The molecule has 0 bridgehead atoms. The van der Waals surface area contributed by atoms with Gasteiger partial charge in [-0.2, -0.15) is 0 Å². The van der Waals surface area contributed by atoms with Gasteiger partial charge in [-0.1, -0.05) is 178 Å². The highest BCUT2D eigenvalue weighted by atomic mass is 32.1. The minimum Gasteiger partial charge on any atom is -0.310 e. The standard InChI is InChI=1S/C61H43NS/c1-61(2)57-22-7-5-19-53(57)54-34-28-45(38-58(54)61)40-24-30-48(31-25-40)62(49-32-26-41(27-33-49)46-29-35-56-55-20-6-8-23-59(55)63-60(56)39-46)50-17-10-15-44(37-50)43-14-9-16-47(36-43)52-21-11-13-42-12-3-4-18-51(42)52/h3-39H,1-2H3. The molecule has 0 radical (unpaired) electrons. The number of hydrogen-bond acceptors (Lipinski definition) is 2. The molecule has 0 atom stereocenters. The monoisotopic (exact) mass is 821 g/mol. The summed E-state index contributed by atoms with van der Waals surface area (Å²) in [5.41, 5.74) is 18.4. The molecule has 1 aliphatic rings. The van der Waals surface area contributed by atoms with Crippen LogP contribution in [0.5, 0.6) is 0 Å². The van der Waals surface area contributed by atoms with Crippen LogP contribution in [0.4, 0.5) is 17.1 Å². The van der Waals surface area contributed by atoms with Gasteiger partial charge in [-0.3, -0.25) is 0 Å². The minimum atomic E-state index is -0.0477. The molecule has 298 valence electrons. The topological polar surface area (TPSA) is 3.24 Å². The Morgan fingerprint density at radius 2 is 0.857 bits per heavy atom. The van der Waals surface area contributed by atoms with Gasteiger partial charge in [0, 0.05) is 42.6 Å². The first-order valence-electron chi connectivity index (χ1n) is 21.8. The van der Waals surface area contributed by atoms with Crippen LogP contribution in [0.15, 0.2) is 224 Å². The van der Waals surface area contributed by atoms with Crippen LogP contribution in [0.3, 0.4) is 0 Å². The van der Waals surface area contributed by atoms with E-state index >= 15 is 0 Å². The fourth-order valence-electron chi connectivity index (χ4n) is 10.0. The predicted octanol–water partition coefficient (Wildman–Crippen LogP) is 17.7. The third-order valence-corrected chi connectivity index (χ3v) is 14.4. The zero-order valence-corrected chi connectivity index (χ0v) is 36.0. The molecule has 1 aromatic heterocycles. The number of rotatable bonds is 7. The molecular weight excluding hydrogens is 779 g/mol. The Morgan fingerprint density at radius 3 is 1.67 bits per heavy atom. The molecule has 1 nitrogen and oxygen atoms in total. The van der Waals surface area contributed by atoms with Crippen molar-refractivity contribution in [3.63, 3.8) is 0 Å². The number of hydrogen-bond donors (Lipinski definition) is 0. The molecule has 1 aliphatic carbocycles. The second kappa shape index (κ2) is 14.8. The highest BCUT2D eigenvalue weighted by molar-refractivity contribution is 7.25. The maximum absolute atomic E-state index is 2.41. The number of thiophene rings is 1. The number of fused-ring (bicyclic) bond motifs is 7. The van der Waals surface area contributed by atoms with E-state index < -0.39 is 0 Å². The first-order chi connectivity index (χ1) is 31.0. The molecule has 0 amide bonds. The van der Waals surface area contributed by atoms with Crippen LogP contribution in [0.1, 0.15) is 25.0 Å². The number of anilines is 3. The molecule has 0 spiro atoms. The van der Waals surface area contributed by atoms with Crippen LogP contribution in [-0.4, -0.2) is 0 Å². The van der Waals surface area contributed by atoms with E-state index in [1.54, 1.807) is 0 Å². The van der Waals surface area contributed by atoms with Gasteiger partial charge in [-0.05, 0) is 138 Å². The van der Waals surface area contributed by atoms with Gasteiger partial charge in [0.2, 0.25) is 0 Å². The van der Waals surface area contributed by atoms with Gasteiger partial charge in [0.15, 0.2) is 0 Å². The Bertz CT molecular complexity index is 3530. The zero-order valence-electron chi connectivity index (χ0n) is 35.2. The van der Waals surface area contributed by atoms with Gasteiger partial charge in [0.05, 0.1) is 0 Å². The van der Waals surface area contributed by atoms with Gasteiger partial charge in [0.1, 0.15) is 0 Å². The largest absolute Gasteiger partial charge is 0.310 e. The normalized spacial score (nSPS) is 12.7. The van der Waals surface area contributed by atoms with Gasteiger partial charge in [-0.25, -0.2) is 0 Å². The first kappa shape index (κ1) is 37.3. The zero-order chi connectivity index (χ0) is 42.1. The number of nitrogens with zero attached hydrogens (tertiary/aromatic N) is 1. The highest BCUT2D eigenvalue weighted by Gasteiger charge is 2.35. The van der Waals surface area contributed by atoms with Crippen molar-refractivity contribution in [2.75, 3.05) is 4.90 Å². The van der Waals surface area contributed by atoms with Crippen molar-refractivity contribution in [3.05, 3.63) is 236 Å². The van der Waals surface area contributed by atoms with Crippen molar-refractivity contribution in [1.29, 1.82) is 0 Å². The summed E-state index contributed by atoms with van der Waals surface area (Å²) in [6.07, 6.45) is 0. The van der Waals surface area contributed by atoms with Crippen molar-refractivity contribution in [2.24, 2.45) is 0 Å². The molecule has 63 heavy (non-hydrogen) atoms. The summed E-state index contributed by atoms with van der Waals surface area (Å²) in [7, 11) is 0. The van der Waals surface area contributed by atoms with E-state index in [2.05, 4.69) is 243 Å². The summed E-state index contributed by atoms with van der Waals surface area (Å²) >= 11 is 1.87. The van der Waals surface area contributed by atoms with Crippen LogP contribution in [0.2, 0.25) is 0 Å². The second-order valence-corrected chi connectivity index (χ2v) is 18.4. The summed E-state index contributed by atoms with van der Waals surface area (Å²) in [6, 6.07) is 82.9. The van der Waals surface area contributed by atoms with Crippen LogP contribution < -0.4 is 4.90 Å². The maximum atomic E-state index is 2.41. The van der Waals surface area contributed by atoms with Crippen LogP contribution in [0.25, 0.3) is 86.6 Å². The lowest BCUT2D eigenvalue weighted by Gasteiger charge is -2.26. The molecule has 0 N–H and O–H groups in total. The quantitative estimate of drug-likeness (QED) is 0.155. The van der Waals surface area contributed by atoms with Crippen LogP contribution >= 0.6 is 11.3 Å². The lowest BCUT2D eigenvalue weighted by Crippen LogP contribution is -2.14. The third-order valence-electron chi connectivity index (χ3n) is 13.3. The Morgan fingerprint density at radius 1 is 0.317 bits per heavy atom. The predicted molar refractivity (Wildman–Crippen MR) is 271 cm³/mol. The summed E-state index contributed by atoms with van der Waals surface area (Å²) in [4.78, 5) is 2.39. The Labute approximate surface area is 372 Å². The first-order valence-corrected chi connectivity index (χ1v) is 22.6. The molecule has 0 saturated carbocycles. The van der Waals surface area contributed by atoms with Crippen molar-refractivity contribution < 1.29 is 0 Å². The van der Waals surface area contributed by atoms with Gasteiger partial charge < -0.3 is 4.90 Å². The number of benzene rings is 10. The summed E-state index contributed by atoms with van der Waals surface area (Å²) in [6.45, 7) is 4.70. The van der Waals surface area contributed by atoms with Gasteiger partial charge in [-0.15, -0.1) is 11.3 Å². The van der Waals surface area contributed by atoms with Gasteiger partial charge in [0.25, 0.3) is 0 Å². The molecular formula is C61H43NS. The van der Waals surface area contributed by atoms with Crippen molar-refractivity contribution in [2.45, 2.75) is 19.3 Å². The summed E-state index contributed by atoms with van der Waals surface area (Å²) in [5.74, 6) is 0. The van der Waals surface area contributed by atoms with Crippen molar-refractivity contribution >= 4 is 59.3 Å². The molecule has 1 heterocycles. The highest BCUT2D eigenvalue weighted by Crippen LogP contribution is 2.50. The van der Waals surface area contributed by atoms with Gasteiger partial charge >= 0.3 is 0 Å².